The van der Waals surface area contributed by atoms with Gasteiger partial charge in [-0.15, -0.1) is 10.2 Å². The van der Waals surface area contributed by atoms with E-state index in [1.165, 1.54) is 11.3 Å². The molecule has 2 heterocycles. The van der Waals surface area contributed by atoms with Crippen LogP contribution in [0, 0.1) is 0 Å². The van der Waals surface area contributed by atoms with Crippen LogP contribution in [-0.4, -0.2) is 30.0 Å². The predicted molar refractivity (Wildman–Crippen MR) is 65.9 cm³/mol. The van der Waals surface area contributed by atoms with Gasteiger partial charge >= 0.3 is 0 Å². The number of fused-ring (bicyclic) bond motifs is 1. The molecule has 0 bridgehead atoms. The Hall–Kier alpha value is -1.83. The molecule has 6 nitrogen and oxygen atoms in total. The Bertz CT molecular complexity index is 674. The van der Waals surface area contributed by atoms with Crippen molar-refractivity contribution >= 4 is 16.3 Å². The molecule has 0 saturated carbocycles. The monoisotopic (exact) mass is 262 g/mol. The standard InChI is InChI=1S/C11H10N4O2S/c16-5-7-1-3-8(4-2-7)10-14-15-9(6-17)12-13-11(15)18-10/h1-4,16-17H,5-6H2. The lowest BCUT2D eigenvalue weighted by atomic mass is 10.1. The third-order valence-electron chi connectivity index (χ3n) is 2.58. The molecule has 2 N–H and O–H groups in total. The number of aliphatic hydroxyl groups excluding tert-OH is 2. The Kier molecular flexibility index (Phi) is 2.78. The molecular formula is C11H10N4O2S. The van der Waals surface area contributed by atoms with Gasteiger partial charge in [0.05, 0.1) is 6.61 Å². The highest BCUT2D eigenvalue weighted by Gasteiger charge is 2.11. The summed E-state index contributed by atoms with van der Waals surface area (Å²) >= 11 is 1.40. The number of aliphatic hydroxyl groups is 2. The third-order valence-corrected chi connectivity index (χ3v) is 3.53. The van der Waals surface area contributed by atoms with Crippen molar-refractivity contribution in [2.45, 2.75) is 13.2 Å². The van der Waals surface area contributed by atoms with Crippen LogP contribution in [0.5, 0.6) is 0 Å². The summed E-state index contributed by atoms with van der Waals surface area (Å²) in [5.41, 5.74) is 1.81. The van der Waals surface area contributed by atoms with Gasteiger partial charge in [0.25, 0.3) is 0 Å². The first-order valence-electron chi connectivity index (χ1n) is 5.34. The SMILES string of the molecule is OCc1ccc(-c2nn3c(CO)nnc3s2)cc1. The number of hydrogen-bond donors (Lipinski definition) is 2. The number of nitrogens with zero attached hydrogens (tertiary/aromatic N) is 4. The van der Waals surface area contributed by atoms with Crippen molar-refractivity contribution in [1.82, 2.24) is 19.8 Å². The van der Waals surface area contributed by atoms with E-state index in [0.29, 0.717) is 10.8 Å². The fourth-order valence-corrected chi connectivity index (χ4v) is 2.49. The van der Waals surface area contributed by atoms with Crippen LogP contribution in [0.3, 0.4) is 0 Å². The average molecular weight is 262 g/mol. The van der Waals surface area contributed by atoms with E-state index in [-0.39, 0.29) is 13.2 Å². The fourth-order valence-electron chi connectivity index (χ4n) is 1.63. The number of benzene rings is 1. The summed E-state index contributed by atoms with van der Waals surface area (Å²) in [6.07, 6.45) is 0. The van der Waals surface area contributed by atoms with Crippen molar-refractivity contribution in [2.24, 2.45) is 0 Å². The highest BCUT2D eigenvalue weighted by Crippen LogP contribution is 2.25. The normalized spacial score (nSPS) is 11.2. The summed E-state index contributed by atoms with van der Waals surface area (Å²) < 4.78 is 1.54. The maximum absolute atomic E-state index is 9.09. The van der Waals surface area contributed by atoms with Gasteiger partial charge in [0.15, 0.2) is 5.82 Å². The Morgan fingerprint density at radius 2 is 1.83 bits per heavy atom. The fraction of sp³-hybridized carbons (Fsp3) is 0.182. The van der Waals surface area contributed by atoms with Crippen molar-refractivity contribution in [1.29, 1.82) is 0 Å². The van der Waals surface area contributed by atoms with Gasteiger partial charge in [-0.1, -0.05) is 35.6 Å². The van der Waals surface area contributed by atoms with Crippen LogP contribution in [-0.2, 0) is 13.2 Å². The van der Waals surface area contributed by atoms with E-state index in [1.807, 2.05) is 24.3 Å². The summed E-state index contributed by atoms with van der Waals surface area (Å²) in [6.45, 7) is -0.159. The van der Waals surface area contributed by atoms with E-state index in [4.69, 9.17) is 10.2 Å². The number of aromatic nitrogens is 4. The van der Waals surface area contributed by atoms with Crippen molar-refractivity contribution in [2.75, 3.05) is 0 Å². The highest BCUT2D eigenvalue weighted by atomic mass is 32.1. The lowest BCUT2D eigenvalue weighted by Gasteiger charge is -1.97. The second-order valence-electron chi connectivity index (χ2n) is 3.73. The number of hydrogen-bond acceptors (Lipinski definition) is 6. The molecule has 0 fully saturated rings. The van der Waals surface area contributed by atoms with Crippen LogP contribution < -0.4 is 0 Å². The molecule has 0 unspecified atom stereocenters. The molecule has 3 rings (SSSR count). The summed E-state index contributed by atoms with van der Waals surface area (Å²) in [5.74, 6) is 0.430. The van der Waals surface area contributed by atoms with Crippen LogP contribution >= 0.6 is 11.3 Å². The molecule has 1 aromatic carbocycles. The van der Waals surface area contributed by atoms with Gasteiger partial charge < -0.3 is 10.2 Å². The molecule has 92 valence electrons. The zero-order valence-corrected chi connectivity index (χ0v) is 10.1. The molecule has 3 aromatic rings. The Balaban J connectivity index is 2.04. The average Bonchev–Trinajstić information content (AvgIpc) is 2.98. The first-order valence-corrected chi connectivity index (χ1v) is 6.15. The summed E-state index contributed by atoms with van der Waals surface area (Å²) in [7, 11) is 0. The first kappa shape index (κ1) is 11.3. The van der Waals surface area contributed by atoms with E-state index in [0.717, 1.165) is 16.1 Å². The highest BCUT2D eigenvalue weighted by molar-refractivity contribution is 7.19. The third kappa shape index (κ3) is 1.78. The van der Waals surface area contributed by atoms with Gasteiger partial charge in [0.2, 0.25) is 4.96 Å². The summed E-state index contributed by atoms with van der Waals surface area (Å²) in [4.78, 5) is 0.653. The van der Waals surface area contributed by atoms with Crippen molar-refractivity contribution in [3.63, 3.8) is 0 Å². The Labute approximate surface area is 106 Å². The van der Waals surface area contributed by atoms with E-state index >= 15 is 0 Å². The lowest BCUT2D eigenvalue weighted by Crippen LogP contribution is -1.95. The zero-order chi connectivity index (χ0) is 12.5. The minimum Gasteiger partial charge on any atom is -0.392 e. The van der Waals surface area contributed by atoms with E-state index < -0.39 is 0 Å². The van der Waals surface area contributed by atoms with Crippen molar-refractivity contribution in [3.8, 4) is 10.6 Å². The second-order valence-corrected chi connectivity index (χ2v) is 4.69. The van der Waals surface area contributed by atoms with Gasteiger partial charge in [-0.05, 0) is 5.56 Å². The molecule has 18 heavy (non-hydrogen) atoms. The van der Waals surface area contributed by atoms with Gasteiger partial charge in [0.1, 0.15) is 11.6 Å². The van der Waals surface area contributed by atoms with Gasteiger partial charge in [-0.3, -0.25) is 0 Å². The maximum atomic E-state index is 9.09. The molecule has 0 saturated heterocycles. The van der Waals surface area contributed by atoms with Gasteiger partial charge in [0, 0.05) is 5.56 Å². The van der Waals surface area contributed by atoms with Crippen molar-refractivity contribution in [3.05, 3.63) is 35.7 Å². The lowest BCUT2D eigenvalue weighted by molar-refractivity contribution is 0.268. The molecule has 0 aliphatic carbocycles. The molecule has 0 amide bonds. The summed E-state index contributed by atoms with van der Waals surface area (Å²) in [5, 5.41) is 31.0. The molecule has 7 heteroatoms. The molecule has 0 spiro atoms. The Morgan fingerprint density at radius 1 is 1.06 bits per heavy atom. The van der Waals surface area contributed by atoms with Gasteiger partial charge in [-0.25, -0.2) is 0 Å². The van der Waals surface area contributed by atoms with E-state index in [1.54, 1.807) is 4.52 Å². The molecule has 2 aromatic heterocycles. The van der Waals surface area contributed by atoms with Crippen LogP contribution in [0.15, 0.2) is 24.3 Å². The topological polar surface area (TPSA) is 83.5 Å². The first-order chi connectivity index (χ1) is 8.81. The minimum atomic E-state index is -0.187. The molecule has 0 aliphatic heterocycles. The Morgan fingerprint density at radius 3 is 2.50 bits per heavy atom. The van der Waals surface area contributed by atoms with Crippen LogP contribution in [0.4, 0.5) is 0 Å². The van der Waals surface area contributed by atoms with Crippen LogP contribution in [0.25, 0.3) is 15.5 Å². The van der Waals surface area contributed by atoms with Crippen LogP contribution in [0.2, 0.25) is 0 Å². The van der Waals surface area contributed by atoms with Crippen LogP contribution in [0.1, 0.15) is 11.4 Å². The number of rotatable bonds is 3. The zero-order valence-electron chi connectivity index (χ0n) is 9.32. The molecule has 0 aliphatic rings. The molecule has 0 radical (unpaired) electrons. The van der Waals surface area contributed by atoms with E-state index in [2.05, 4.69) is 15.3 Å². The largest absolute Gasteiger partial charge is 0.392 e. The maximum Gasteiger partial charge on any atom is 0.235 e. The molecular weight excluding hydrogens is 252 g/mol. The van der Waals surface area contributed by atoms with E-state index in [9.17, 15) is 0 Å². The van der Waals surface area contributed by atoms with Gasteiger partial charge in [-0.2, -0.15) is 9.61 Å². The molecule has 0 atom stereocenters. The smallest absolute Gasteiger partial charge is 0.235 e. The second kappa shape index (κ2) is 4.45. The minimum absolute atomic E-state index is 0.0278. The quantitative estimate of drug-likeness (QED) is 0.730. The van der Waals surface area contributed by atoms with Crippen molar-refractivity contribution < 1.29 is 10.2 Å². The predicted octanol–water partition coefficient (Wildman–Crippen LogP) is 0.837. The summed E-state index contributed by atoms with van der Waals surface area (Å²) in [6, 6.07) is 7.50.